The van der Waals surface area contributed by atoms with Crippen molar-refractivity contribution in [1.29, 1.82) is 0 Å². The summed E-state index contributed by atoms with van der Waals surface area (Å²) in [5.74, 6) is -4.07. The SMILES string of the molecule is CC(F)(F)CC[C@H](N)C(=O)O.Cl. The Balaban J connectivity index is 0. The lowest BCUT2D eigenvalue weighted by molar-refractivity contribution is -0.139. The Kier molecular flexibility index (Phi) is 6.20. The van der Waals surface area contributed by atoms with Crippen molar-refractivity contribution < 1.29 is 18.7 Å². The van der Waals surface area contributed by atoms with Crippen LogP contribution in [0, 0.1) is 0 Å². The van der Waals surface area contributed by atoms with E-state index >= 15 is 0 Å². The van der Waals surface area contributed by atoms with E-state index in [2.05, 4.69) is 0 Å². The van der Waals surface area contributed by atoms with Crippen LogP contribution in [-0.4, -0.2) is 23.0 Å². The highest BCUT2D eigenvalue weighted by atomic mass is 35.5. The van der Waals surface area contributed by atoms with Crippen LogP contribution in [0.3, 0.4) is 0 Å². The summed E-state index contributed by atoms with van der Waals surface area (Å²) >= 11 is 0. The Morgan fingerprint density at radius 1 is 1.67 bits per heavy atom. The molecule has 0 amide bonds. The van der Waals surface area contributed by atoms with Crippen LogP contribution in [0.2, 0.25) is 0 Å². The average Bonchev–Trinajstić information content (AvgIpc) is 1.80. The van der Waals surface area contributed by atoms with Gasteiger partial charge in [-0.15, -0.1) is 12.4 Å². The molecule has 0 aliphatic rings. The van der Waals surface area contributed by atoms with Gasteiger partial charge < -0.3 is 10.8 Å². The van der Waals surface area contributed by atoms with E-state index in [4.69, 9.17) is 10.8 Å². The maximum Gasteiger partial charge on any atom is 0.320 e. The zero-order valence-electron chi connectivity index (χ0n) is 6.59. The molecular weight excluding hydrogens is 192 g/mol. The number of alkyl halides is 2. The van der Waals surface area contributed by atoms with E-state index in [1.807, 2.05) is 0 Å². The molecule has 74 valence electrons. The normalized spacial score (nSPS) is 13.3. The minimum atomic E-state index is -2.83. The van der Waals surface area contributed by atoms with Crippen molar-refractivity contribution in [2.45, 2.75) is 31.7 Å². The molecule has 0 rings (SSSR count). The van der Waals surface area contributed by atoms with Gasteiger partial charge in [0.25, 0.3) is 0 Å². The van der Waals surface area contributed by atoms with E-state index in [-0.39, 0.29) is 18.8 Å². The first-order valence-electron chi connectivity index (χ1n) is 3.19. The molecule has 3 N–H and O–H groups in total. The van der Waals surface area contributed by atoms with Gasteiger partial charge in [0, 0.05) is 6.42 Å². The standard InChI is InChI=1S/C6H11F2NO2.ClH/c1-6(7,8)3-2-4(9)5(10)11;/h4H,2-3,9H2,1H3,(H,10,11);1H/t4-;/m0./s1. The summed E-state index contributed by atoms with van der Waals surface area (Å²) in [6.07, 6.45) is -0.681. The summed E-state index contributed by atoms with van der Waals surface area (Å²) in [6, 6.07) is -1.18. The van der Waals surface area contributed by atoms with Crippen LogP contribution in [0.1, 0.15) is 19.8 Å². The second-order valence-corrected chi connectivity index (χ2v) is 2.55. The van der Waals surface area contributed by atoms with E-state index in [0.29, 0.717) is 0 Å². The minimum absolute atomic E-state index is 0. The second kappa shape index (κ2) is 5.27. The zero-order chi connectivity index (χ0) is 9.07. The molecule has 0 aliphatic heterocycles. The van der Waals surface area contributed by atoms with Gasteiger partial charge in [-0.3, -0.25) is 4.79 Å². The lowest BCUT2D eigenvalue weighted by atomic mass is 10.1. The van der Waals surface area contributed by atoms with Gasteiger partial charge in [0.2, 0.25) is 5.92 Å². The molecule has 0 unspecified atom stereocenters. The molecule has 0 saturated carbocycles. The van der Waals surface area contributed by atoms with Gasteiger partial charge >= 0.3 is 5.97 Å². The molecule has 0 spiro atoms. The highest BCUT2D eigenvalue weighted by Gasteiger charge is 2.23. The molecule has 0 saturated heterocycles. The molecule has 3 nitrogen and oxygen atoms in total. The lowest BCUT2D eigenvalue weighted by Gasteiger charge is -2.11. The van der Waals surface area contributed by atoms with Gasteiger partial charge in [-0.1, -0.05) is 0 Å². The molecule has 12 heavy (non-hydrogen) atoms. The van der Waals surface area contributed by atoms with Crippen LogP contribution in [0.15, 0.2) is 0 Å². The first-order valence-corrected chi connectivity index (χ1v) is 3.19. The van der Waals surface area contributed by atoms with Crippen molar-refractivity contribution in [1.82, 2.24) is 0 Å². The van der Waals surface area contributed by atoms with Gasteiger partial charge in [0.1, 0.15) is 6.04 Å². The summed E-state index contributed by atoms with van der Waals surface area (Å²) < 4.78 is 24.2. The number of carboxylic acid groups (broad SMARTS) is 1. The Morgan fingerprint density at radius 2 is 2.08 bits per heavy atom. The summed E-state index contributed by atoms with van der Waals surface area (Å²) in [5.41, 5.74) is 4.99. The van der Waals surface area contributed by atoms with Gasteiger partial charge in [-0.25, -0.2) is 8.78 Å². The molecule has 0 aromatic carbocycles. The van der Waals surface area contributed by atoms with Crippen molar-refractivity contribution in [3.05, 3.63) is 0 Å². The molecule has 0 heterocycles. The van der Waals surface area contributed by atoms with E-state index in [9.17, 15) is 13.6 Å². The number of hydrogen-bond donors (Lipinski definition) is 2. The van der Waals surface area contributed by atoms with E-state index in [0.717, 1.165) is 6.92 Å². The molecule has 0 radical (unpaired) electrons. The number of nitrogens with two attached hydrogens (primary N) is 1. The van der Waals surface area contributed by atoms with Gasteiger partial charge in [-0.2, -0.15) is 0 Å². The predicted molar refractivity (Wildman–Crippen MR) is 42.7 cm³/mol. The number of aliphatic carboxylic acids is 1. The molecule has 1 atom stereocenters. The molecule has 0 bridgehead atoms. The van der Waals surface area contributed by atoms with Crippen LogP contribution < -0.4 is 5.73 Å². The predicted octanol–water partition coefficient (Wildman–Crippen LogP) is 1.26. The van der Waals surface area contributed by atoms with Gasteiger partial charge in [0.05, 0.1) is 0 Å². The summed E-state index contributed by atoms with van der Waals surface area (Å²) in [7, 11) is 0. The third kappa shape index (κ3) is 7.68. The highest BCUT2D eigenvalue weighted by Crippen LogP contribution is 2.19. The van der Waals surface area contributed by atoms with Crippen molar-refractivity contribution >= 4 is 18.4 Å². The fourth-order valence-electron chi connectivity index (χ4n) is 0.532. The van der Waals surface area contributed by atoms with Crippen molar-refractivity contribution in [3.63, 3.8) is 0 Å². The number of carboxylic acids is 1. The van der Waals surface area contributed by atoms with Crippen molar-refractivity contribution in [2.24, 2.45) is 5.73 Å². The highest BCUT2D eigenvalue weighted by molar-refractivity contribution is 5.85. The first kappa shape index (κ1) is 14.1. The van der Waals surface area contributed by atoms with Gasteiger partial charge in [0.15, 0.2) is 0 Å². The van der Waals surface area contributed by atoms with Gasteiger partial charge in [-0.05, 0) is 13.3 Å². The van der Waals surface area contributed by atoms with E-state index in [1.54, 1.807) is 0 Å². The maximum absolute atomic E-state index is 12.1. The fourth-order valence-corrected chi connectivity index (χ4v) is 0.532. The average molecular weight is 204 g/mol. The third-order valence-corrected chi connectivity index (χ3v) is 1.21. The minimum Gasteiger partial charge on any atom is -0.480 e. The van der Waals surface area contributed by atoms with Crippen LogP contribution in [0.5, 0.6) is 0 Å². The Morgan fingerprint density at radius 3 is 2.33 bits per heavy atom. The van der Waals surface area contributed by atoms with Crippen molar-refractivity contribution in [2.75, 3.05) is 0 Å². The van der Waals surface area contributed by atoms with Crippen LogP contribution >= 0.6 is 12.4 Å². The fraction of sp³-hybridized carbons (Fsp3) is 0.833. The number of hydrogen-bond acceptors (Lipinski definition) is 2. The zero-order valence-corrected chi connectivity index (χ0v) is 7.41. The summed E-state index contributed by atoms with van der Waals surface area (Å²) in [5, 5.41) is 8.21. The molecule has 0 aromatic rings. The van der Waals surface area contributed by atoms with Crippen LogP contribution in [0.25, 0.3) is 0 Å². The third-order valence-electron chi connectivity index (χ3n) is 1.21. The molecular formula is C6H12ClF2NO2. The number of carbonyl (C=O) groups is 1. The van der Waals surface area contributed by atoms with Crippen LogP contribution in [0.4, 0.5) is 8.78 Å². The monoisotopic (exact) mass is 203 g/mol. The number of halogens is 3. The molecule has 0 fully saturated rings. The quantitative estimate of drug-likeness (QED) is 0.723. The Labute approximate surface area is 75.3 Å². The summed E-state index contributed by atoms with van der Waals surface area (Å²) in [6.45, 7) is 0.738. The van der Waals surface area contributed by atoms with E-state index in [1.165, 1.54) is 0 Å². The number of rotatable bonds is 4. The molecule has 6 heteroatoms. The lowest BCUT2D eigenvalue weighted by Crippen LogP contribution is -2.31. The smallest absolute Gasteiger partial charge is 0.320 e. The van der Waals surface area contributed by atoms with E-state index < -0.39 is 24.4 Å². The first-order chi connectivity index (χ1) is 4.83. The summed E-state index contributed by atoms with van der Waals surface area (Å²) in [4.78, 5) is 10.0. The topological polar surface area (TPSA) is 63.3 Å². The Hall–Kier alpha value is -0.420. The Bertz CT molecular complexity index is 149. The van der Waals surface area contributed by atoms with Crippen LogP contribution in [-0.2, 0) is 4.79 Å². The second-order valence-electron chi connectivity index (χ2n) is 2.55. The molecule has 0 aliphatic carbocycles. The maximum atomic E-state index is 12.1. The van der Waals surface area contributed by atoms with Crippen molar-refractivity contribution in [3.8, 4) is 0 Å². The largest absolute Gasteiger partial charge is 0.480 e. The molecule has 0 aromatic heterocycles.